The molecular weight excluding hydrogens is 140 g/mol. The summed E-state index contributed by atoms with van der Waals surface area (Å²) in [6.45, 7) is 0. The van der Waals surface area contributed by atoms with Crippen LogP contribution in [-0.4, -0.2) is 11.9 Å². The van der Waals surface area contributed by atoms with Crippen molar-refractivity contribution in [3.8, 4) is 0 Å². The first kappa shape index (κ1) is 8.27. The second-order valence-electron chi connectivity index (χ2n) is 2.95. The van der Waals surface area contributed by atoms with E-state index in [1.54, 1.807) is 0 Å². The van der Waals surface area contributed by atoms with Crippen molar-refractivity contribution in [1.82, 2.24) is 0 Å². The van der Waals surface area contributed by atoms with Crippen LogP contribution < -0.4 is 11.5 Å². The second kappa shape index (κ2) is 3.53. The van der Waals surface area contributed by atoms with Crippen LogP contribution in [0, 0.1) is 0 Å². The van der Waals surface area contributed by atoms with E-state index in [2.05, 4.69) is 6.08 Å². The van der Waals surface area contributed by atoms with Gasteiger partial charge in [-0.25, -0.2) is 0 Å². The lowest BCUT2D eigenvalue weighted by atomic mass is 10.0. The Morgan fingerprint density at radius 1 is 1.73 bits per heavy atom. The Morgan fingerprint density at radius 3 is 2.91 bits per heavy atom. The predicted octanol–water partition coefficient (Wildman–Crippen LogP) is 0.299. The molecular formula is C8H14N2O. The van der Waals surface area contributed by atoms with E-state index in [0.717, 1.165) is 12.8 Å². The molecule has 0 aliphatic heterocycles. The quantitative estimate of drug-likeness (QED) is 0.574. The molecule has 4 N–H and O–H groups in total. The fourth-order valence-electron chi connectivity index (χ4n) is 1.38. The normalized spacial score (nSPS) is 19.5. The van der Waals surface area contributed by atoms with Gasteiger partial charge in [0.1, 0.15) is 0 Å². The minimum Gasteiger partial charge on any atom is -0.370 e. The van der Waals surface area contributed by atoms with Gasteiger partial charge in [-0.1, -0.05) is 11.6 Å². The Balaban J connectivity index is 2.40. The zero-order chi connectivity index (χ0) is 8.27. The standard InChI is InChI=1S/C8H14N2O/c9-7(5-8(10)11)6-3-1-2-4-6/h3,7H,1-2,4-5,9H2,(H2,10,11). The van der Waals surface area contributed by atoms with Crippen LogP contribution in [0.15, 0.2) is 11.6 Å². The van der Waals surface area contributed by atoms with E-state index in [-0.39, 0.29) is 18.4 Å². The van der Waals surface area contributed by atoms with Crippen molar-refractivity contribution in [3.05, 3.63) is 11.6 Å². The van der Waals surface area contributed by atoms with Crippen molar-refractivity contribution in [1.29, 1.82) is 0 Å². The van der Waals surface area contributed by atoms with Gasteiger partial charge in [-0.3, -0.25) is 4.79 Å². The largest absolute Gasteiger partial charge is 0.370 e. The average Bonchev–Trinajstić information content (AvgIpc) is 2.35. The summed E-state index contributed by atoms with van der Waals surface area (Å²) in [6.07, 6.45) is 5.71. The number of hydrogen-bond donors (Lipinski definition) is 2. The summed E-state index contributed by atoms with van der Waals surface area (Å²) in [4.78, 5) is 10.5. The maximum absolute atomic E-state index is 10.5. The molecule has 1 aliphatic carbocycles. The van der Waals surface area contributed by atoms with Gasteiger partial charge < -0.3 is 11.5 Å². The van der Waals surface area contributed by atoms with E-state index in [0.29, 0.717) is 0 Å². The first-order chi connectivity index (χ1) is 5.20. The van der Waals surface area contributed by atoms with Crippen molar-refractivity contribution in [2.24, 2.45) is 11.5 Å². The third kappa shape index (κ3) is 2.35. The van der Waals surface area contributed by atoms with Gasteiger partial charge in [-0.05, 0) is 19.3 Å². The molecule has 3 nitrogen and oxygen atoms in total. The smallest absolute Gasteiger partial charge is 0.219 e. The first-order valence-electron chi connectivity index (χ1n) is 3.93. The summed E-state index contributed by atoms with van der Waals surface area (Å²) >= 11 is 0. The SMILES string of the molecule is NC(=O)CC(N)C1=CCCC1. The molecule has 0 bridgehead atoms. The lowest BCUT2D eigenvalue weighted by Gasteiger charge is -2.09. The molecule has 0 fully saturated rings. The number of allylic oxidation sites excluding steroid dienone is 1. The molecule has 1 atom stereocenters. The molecule has 0 saturated heterocycles. The van der Waals surface area contributed by atoms with Crippen LogP contribution in [0.3, 0.4) is 0 Å². The minimum absolute atomic E-state index is 0.130. The highest BCUT2D eigenvalue weighted by Crippen LogP contribution is 2.20. The molecule has 0 heterocycles. The number of primary amides is 1. The van der Waals surface area contributed by atoms with Crippen molar-refractivity contribution in [2.45, 2.75) is 31.7 Å². The zero-order valence-corrected chi connectivity index (χ0v) is 6.55. The predicted molar refractivity (Wildman–Crippen MR) is 43.7 cm³/mol. The van der Waals surface area contributed by atoms with Crippen LogP contribution in [0.4, 0.5) is 0 Å². The maximum atomic E-state index is 10.5. The molecule has 1 amide bonds. The molecule has 0 aromatic carbocycles. The fourth-order valence-corrected chi connectivity index (χ4v) is 1.38. The number of carbonyl (C=O) groups is 1. The minimum atomic E-state index is -0.315. The number of rotatable bonds is 3. The Morgan fingerprint density at radius 2 is 2.45 bits per heavy atom. The summed E-state index contributed by atoms with van der Waals surface area (Å²) in [6, 6.07) is -0.130. The molecule has 0 radical (unpaired) electrons. The van der Waals surface area contributed by atoms with Crippen LogP contribution in [0.25, 0.3) is 0 Å². The Labute approximate surface area is 66.4 Å². The number of nitrogens with two attached hydrogens (primary N) is 2. The van der Waals surface area contributed by atoms with Crippen molar-refractivity contribution < 1.29 is 4.79 Å². The second-order valence-corrected chi connectivity index (χ2v) is 2.95. The summed E-state index contributed by atoms with van der Waals surface area (Å²) < 4.78 is 0. The first-order valence-corrected chi connectivity index (χ1v) is 3.93. The summed E-state index contributed by atoms with van der Waals surface area (Å²) in [5.41, 5.74) is 11.9. The van der Waals surface area contributed by atoms with Crippen molar-refractivity contribution >= 4 is 5.91 Å². The molecule has 3 heteroatoms. The average molecular weight is 154 g/mol. The highest BCUT2D eigenvalue weighted by molar-refractivity contribution is 5.74. The highest BCUT2D eigenvalue weighted by Gasteiger charge is 2.14. The molecule has 1 rings (SSSR count). The zero-order valence-electron chi connectivity index (χ0n) is 6.55. The van der Waals surface area contributed by atoms with Crippen molar-refractivity contribution in [3.63, 3.8) is 0 Å². The van der Waals surface area contributed by atoms with E-state index in [4.69, 9.17) is 11.5 Å². The van der Waals surface area contributed by atoms with Crippen LogP contribution in [0.5, 0.6) is 0 Å². The highest BCUT2D eigenvalue weighted by atomic mass is 16.1. The molecule has 0 aromatic rings. The third-order valence-electron chi connectivity index (χ3n) is 1.97. The van der Waals surface area contributed by atoms with E-state index in [9.17, 15) is 4.79 Å². The lowest BCUT2D eigenvalue weighted by molar-refractivity contribution is -0.118. The van der Waals surface area contributed by atoms with Crippen LogP contribution in [0.2, 0.25) is 0 Å². The van der Waals surface area contributed by atoms with Crippen LogP contribution in [-0.2, 0) is 4.79 Å². The van der Waals surface area contributed by atoms with Gasteiger partial charge in [0.05, 0.1) is 0 Å². The number of hydrogen-bond acceptors (Lipinski definition) is 2. The molecule has 0 saturated carbocycles. The fraction of sp³-hybridized carbons (Fsp3) is 0.625. The van der Waals surface area contributed by atoms with Crippen molar-refractivity contribution in [2.75, 3.05) is 0 Å². The van der Waals surface area contributed by atoms with Gasteiger partial charge >= 0.3 is 0 Å². The molecule has 1 unspecified atom stereocenters. The van der Waals surface area contributed by atoms with E-state index in [1.165, 1.54) is 12.0 Å². The number of carbonyl (C=O) groups excluding carboxylic acids is 1. The summed E-state index contributed by atoms with van der Waals surface area (Å²) in [7, 11) is 0. The van der Waals surface area contributed by atoms with Gasteiger partial charge in [0.25, 0.3) is 0 Å². The Hall–Kier alpha value is -0.830. The van der Waals surface area contributed by atoms with E-state index >= 15 is 0 Å². The molecule has 62 valence electrons. The molecule has 0 spiro atoms. The Kier molecular flexibility index (Phi) is 2.65. The monoisotopic (exact) mass is 154 g/mol. The topological polar surface area (TPSA) is 69.1 Å². The van der Waals surface area contributed by atoms with Gasteiger partial charge in [0.15, 0.2) is 0 Å². The summed E-state index contributed by atoms with van der Waals surface area (Å²) in [5.74, 6) is -0.315. The van der Waals surface area contributed by atoms with Gasteiger partial charge in [0.2, 0.25) is 5.91 Å². The van der Waals surface area contributed by atoms with E-state index in [1.807, 2.05) is 0 Å². The van der Waals surface area contributed by atoms with Gasteiger partial charge in [0, 0.05) is 12.5 Å². The van der Waals surface area contributed by atoms with Crippen LogP contribution >= 0.6 is 0 Å². The van der Waals surface area contributed by atoms with Gasteiger partial charge in [-0.2, -0.15) is 0 Å². The number of amides is 1. The maximum Gasteiger partial charge on any atom is 0.219 e. The molecule has 11 heavy (non-hydrogen) atoms. The van der Waals surface area contributed by atoms with E-state index < -0.39 is 0 Å². The Bertz CT molecular complexity index is 187. The molecule has 0 aromatic heterocycles. The third-order valence-corrected chi connectivity index (χ3v) is 1.97. The van der Waals surface area contributed by atoms with Crippen LogP contribution in [0.1, 0.15) is 25.7 Å². The molecule has 1 aliphatic rings. The lowest BCUT2D eigenvalue weighted by Crippen LogP contribution is -2.28. The summed E-state index contributed by atoms with van der Waals surface area (Å²) in [5, 5.41) is 0. The van der Waals surface area contributed by atoms with Gasteiger partial charge in [-0.15, -0.1) is 0 Å².